The molecular formula is C11H23NO2. The Hall–Kier alpha value is -0.120. The number of hydrogen-bond donors (Lipinski definition) is 2. The molecular weight excluding hydrogens is 178 g/mol. The fraction of sp³-hybridized carbons (Fsp3) is 1.00. The van der Waals surface area contributed by atoms with E-state index in [1.54, 1.807) is 0 Å². The van der Waals surface area contributed by atoms with Gasteiger partial charge >= 0.3 is 0 Å². The van der Waals surface area contributed by atoms with E-state index in [0.29, 0.717) is 18.2 Å². The number of rotatable bonds is 5. The third kappa shape index (κ3) is 4.40. The Bertz CT molecular complexity index is 161. The quantitative estimate of drug-likeness (QED) is 0.704. The van der Waals surface area contributed by atoms with Crippen LogP contribution in [-0.2, 0) is 4.74 Å². The summed E-state index contributed by atoms with van der Waals surface area (Å²) in [5, 5.41) is 12.6. The van der Waals surface area contributed by atoms with Crippen molar-refractivity contribution in [3.63, 3.8) is 0 Å². The zero-order valence-corrected chi connectivity index (χ0v) is 9.49. The minimum atomic E-state index is -0.221. The lowest BCUT2D eigenvalue weighted by molar-refractivity contribution is 0.0532. The molecule has 3 nitrogen and oxygen atoms in total. The second-order valence-corrected chi connectivity index (χ2v) is 4.54. The average molecular weight is 201 g/mol. The maximum absolute atomic E-state index is 9.19. The van der Waals surface area contributed by atoms with Crippen LogP contribution in [0.15, 0.2) is 0 Å². The van der Waals surface area contributed by atoms with Gasteiger partial charge in [0.1, 0.15) is 0 Å². The molecule has 0 amide bonds. The Morgan fingerprint density at radius 1 is 1.43 bits per heavy atom. The number of nitrogens with one attached hydrogen (secondary N) is 1. The third-order valence-corrected chi connectivity index (χ3v) is 2.71. The van der Waals surface area contributed by atoms with Crippen LogP contribution in [0.25, 0.3) is 0 Å². The molecule has 84 valence electrons. The van der Waals surface area contributed by atoms with Crippen molar-refractivity contribution in [2.45, 2.75) is 64.4 Å². The van der Waals surface area contributed by atoms with E-state index in [-0.39, 0.29) is 6.10 Å². The number of hydrogen-bond acceptors (Lipinski definition) is 3. The van der Waals surface area contributed by atoms with E-state index in [0.717, 1.165) is 19.4 Å². The number of aliphatic hydroxyl groups is 1. The van der Waals surface area contributed by atoms with Gasteiger partial charge in [0.25, 0.3) is 0 Å². The molecule has 1 aliphatic rings. The summed E-state index contributed by atoms with van der Waals surface area (Å²) in [7, 11) is 0. The van der Waals surface area contributed by atoms with Gasteiger partial charge in [-0.2, -0.15) is 0 Å². The van der Waals surface area contributed by atoms with E-state index in [4.69, 9.17) is 4.74 Å². The van der Waals surface area contributed by atoms with Crippen molar-refractivity contribution in [3.8, 4) is 0 Å². The summed E-state index contributed by atoms with van der Waals surface area (Å²) in [6.45, 7) is 6.97. The highest BCUT2D eigenvalue weighted by Gasteiger charge is 2.21. The highest BCUT2D eigenvalue weighted by Crippen LogP contribution is 2.18. The zero-order chi connectivity index (χ0) is 10.6. The van der Waals surface area contributed by atoms with Crippen molar-refractivity contribution in [2.75, 3.05) is 6.54 Å². The smallest absolute Gasteiger partial charge is 0.0704 e. The lowest BCUT2D eigenvalue weighted by Crippen LogP contribution is -2.35. The van der Waals surface area contributed by atoms with E-state index in [1.165, 1.54) is 6.42 Å². The third-order valence-electron chi connectivity index (χ3n) is 2.71. The van der Waals surface area contributed by atoms with Gasteiger partial charge in [0.05, 0.1) is 18.3 Å². The van der Waals surface area contributed by atoms with Crippen LogP contribution in [0, 0.1) is 0 Å². The van der Waals surface area contributed by atoms with Crippen LogP contribution in [0.1, 0.15) is 40.0 Å². The second kappa shape index (κ2) is 5.69. The van der Waals surface area contributed by atoms with Crippen molar-refractivity contribution in [1.29, 1.82) is 0 Å². The Morgan fingerprint density at radius 2 is 2.14 bits per heavy atom. The summed E-state index contributed by atoms with van der Waals surface area (Å²) in [4.78, 5) is 0. The molecule has 3 heteroatoms. The normalized spacial score (nSPS) is 31.7. The largest absolute Gasteiger partial charge is 0.393 e. The summed E-state index contributed by atoms with van der Waals surface area (Å²) in [6.07, 6.45) is 3.73. The lowest BCUT2D eigenvalue weighted by atomic mass is 10.1. The van der Waals surface area contributed by atoms with E-state index in [9.17, 15) is 5.11 Å². The van der Waals surface area contributed by atoms with Crippen LogP contribution in [0.4, 0.5) is 0 Å². The fourth-order valence-corrected chi connectivity index (χ4v) is 1.96. The highest BCUT2D eigenvalue weighted by atomic mass is 16.5. The minimum absolute atomic E-state index is 0.221. The molecule has 0 aliphatic carbocycles. The molecule has 14 heavy (non-hydrogen) atoms. The summed E-state index contributed by atoms with van der Waals surface area (Å²) in [6, 6.07) is 0.370. The maximum Gasteiger partial charge on any atom is 0.0704 e. The molecule has 2 N–H and O–H groups in total. The summed E-state index contributed by atoms with van der Waals surface area (Å²) < 4.78 is 5.69. The molecule has 1 aliphatic heterocycles. The molecule has 0 saturated carbocycles. The number of aliphatic hydroxyl groups excluding tert-OH is 1. The molecule has 0 spiro atoms. The van der Waals surface area contributed by atoms with Gasteiger partial charge in [-0.3, -0.25) is 0 Å². The van der Waals surface area contributed by atoms with E-state index in [1.807, 2.05) is 6.92 Å². The topological polar surface area (TPSA) is 41.5 Å². The van der Waals surface area contributed by atoms with E-state index < -0.39 is 0 Å². The molecule has 4 unspecified atom stereocenters. The summed E-state index contributed by atoms with van der Waals surface area (Å²) >= 11 is 0. The molecule has 0 bridgehead atoms. The van der Waals surface area contributed by atoms with Crippen molar-refractivity contribution >= 4 is 0 Å². The highest BCUT2D eigenvalue weighted by molar-refractivity contribution is 4.74. The van der Waals surface area contributed by atoms with Crippen LogP contribution in [0.5, 0.6) is 0 Å². The molecule has 0 aromatic heterocycles. The summed E-state index contributed by atoms with van der Waals surface area (Å²) in [5.74, 6) is 0. The fourth-order valence-electron chi connectivity index (χ4n) is 1.96. The van der Waals surface area contributed by atoms with Crippen LogP contribution in [-0.4, -0.2) is 36.0 Å². The van der Waals surface area contributed by atoms with Crippen LogP contribution >= 0.6 is 0 Å². The molecule has 1 rings (SSSR count). The van der Waals surface area contributed by atoms with Crippen molar-refractivity contribution in [2.24, 2.45) is 0 Å². The van der Waals surface area contributed by atoms with Crippen LogP contribution < -0.4 is 5.32 Å². The van der Waals surface area contributed by atoms with Crippen molar-refractivity contribution in [3.05, 3.63) is 0 Å². The molecule has 0 radical (unpaired) electrons. The second-order valence-electron chi connectivity index (χ2n) is 4.54. The molecule has 1 heterocycles. The first-order chi connectivity index (χ1) is 6.58. The van der Waals surface area contributed by atoms with Gasteiger partial charge in [-0.05, 0) is 40.0 Å². The Balaban J connectivity index is 2.08. The van der Waals surface area contributed by atoms with Gasteiger partial charge in [0.2, 0.25) is 0 Å². The van der Waals surface area contributed by atoms with Gasteiger partial charge in [-0.15, -0.1) is 0 Å². The standard InChI is InChI=1S/C11H23NO2/c1-8(6-9(2)13)12-7-11-5-4-10(3)14-11/h8-13H,4-7H2,1-3H3. The van der Waals surface area contributed by atoms with E-state index >= 15 is 0 Å². The Labute approximate surface area is 86.8 Å². The summed E-state index contributed by atoms with van der Waals surface area (Å²) in [5.41, 5.74) is 0. The Kier molecular flexibility index (Phi) is 4.85. The monoisotopic (exact) mass is 201 g/mol. The predicted octanol–water partition coefficient (Wildman–Crippen LogP) is 1.30. The first kappa shape index (κ1) is 12.0. The van der Waals surface area contributed by atoms with E-state index in [2.05, 4.69) is 19.2 Å². The van der Waals surface area contributed by atoms with Crippen molar-refractivity contribution in [1.82, 2.24) is 5.32 Å². The molecule has 1 saturated heterocycles. The van der Waals surface area contributed by atoms with Gasteiger partial charge in [0, 0.05) is 12.6 Å². The van der Waals surface area contributed by atoms with Gasteiger partial charge < -0.3 is 15.2 Å². The molecule has 0 aromatic rings. The van der Waals surface area contributed by atoms with Crippen LogP contribution in [0.3, 0.4) is 0 Å². The molecule has 0 aromatic carbocycles. The van der Waals surface area contributed by atoms with Gasteiger partial charge in [-0.25, -0.2) is 0 Å². The average Bonchev–Trinajstić information content (AvgIpc) is 2.47. The predicted molar refractivity (Wildman–Crippen MR) is 57.3 cm³/mol. The maximum atomic E-state index is 9.19. The zero-order valence-electron chi connectivity index (χ0n) is 9.49. The molecule has 4 atom stereocenters. The van der Waals surface area contributed by atoms with Gasteiger partial charge in [0.15, 0.2) is 0 Å². The Morgan fingerprint density at radius 3 is 2.64 bits per heavy atom. The molecule has 1 fully saturated rings. The minimum Gasteiger partial charge on any atom is -0.393 e. The first-order valence-corrected chi connectivity index (χ1v) is 5.65. The van der Waals surface area contributed by atoms with Crippen LogP contribution in [0.2, 0.25) is 0 Å². The first-order valence-electron chi connectivity index (χ1n) is 5.65. The van der Waals surface area contributed by atoms with Crippen molar-refractivity contribution < 1.29 is 9.84 Å². The SMILES string of the molecule is CC(O)CC(C)NCC1CCC(C)O1. The van der Waals surface area contributed by atoms with Gasteiger partial charge in [-0.1, -0.05) is 0 Å². The number of ether oxygens (including phenoxy) is 1. The lowest BCUT2D eigenvalue weighted by Gasteiger charge is -2.18.